The van der Waals surface area contributed by atoms with Crippen molar-refractivity contribution in [3.63, 3.8) is 0 Å². The van der Waals surface area contributed by atoms with Crippen molar-refractivity contribution in [3.05, 3.63) is 36.0 Å². The van der Waals surface area contributed by atoms with Gasteiger partial charge in [0.25, 0.3) is 0 Å². The number of hydrogen-bond donors (Lipinski definition) is 1. The Labute approximate surface area is 106 Å². The third-order valence-corrected chi connectivity index (χ3v) is 2.62. The van der Waals surface area contributed by atoms with Crippen LogP contribution >= 0.6 is 0 Å². The maximum atomic E-state index is 9.12. The molecule has 1 aromatic heterocycles. The Morgan fingerprint density at radius 3 is 2.94 bits per heavy atom. The molecule has 0 aliphatic heterocycles. The number of nitriles is 1. The van der Waals surface area contributed by atoms with Crippen LogP contribution in [0.3, 0.4) is 0 Å². The van der Waals surface area contributed by atoms with Gasteiger partial charge in [-0.25, -0.2) is 0 Å². The van der Waals surface area contributed by atoms with E-state index >= 15 is 0 Å². The average Bonchev–Trinajstić information content (AvgIpc) is 2.43. The fourth-order valence-corrected chi connectivity index (χ4v) is 1.79. The fraction of sp³-hybridized carbons (Fsp3) is 0.200. The van der Waals surface area contributed by atoms with Crippen molar-refractivity contribution < 1.29 is 0 Å². The Kier molecular flexibility index (Phi) is 3.79. The van der Waals surface area contributed by atoms with Crippen LogP contribution in [0.1, 0.15) is 18.9 Å². The third kappa shape index (κ3) is 2.42. The second kappa shape index (κ2) is 5.70. The minimum absolute atomic E-state index is 0.568. The van der Waals surface area contributed by atoms with Crippen molar-refractivity contribution in [1.82, 2.24) is 4.98 Å². The molecule has 0 aliphatic rings. The third-order valence-electron chi connectivity index (χ3n) is 2.62. The molecule has 0 aliphatic carbocycles. The Morgan fingerprint density at radius 2 is 2.17 bits per heavy atom. The summed E-state index contributed by atoms with van der Waals surface area (Å²) >= 11 is 0. The van der Waals surface area contributed by atoms with Crippen molar-refractivity contribution in [1.29, 1.82) is 5.26 Å². The van der Waals surface area contributed by atoms with Crippen LogP contribution in [0.2, 0.25) is 0 Å². The smallest absolute Gasteiger partial charge is 0.103 e. The summed E-state index contributed by atoms with van der Waals surface area (Å²) in [5, 5.41) is 13.4. The molecule has 3 heteroatoms. The zero-order chi connectivity index (χ0) is 12.8. The summed E-state index contributed by atoms with van der Waals surface area (Å²) in [4.78, 5) is 4.27. The van der Waals surface area contributed by atoms with Gasteiger partial charge in [0, 0.05) is 24.5 Å². The highest BCUT2D eigenvalue weighted by molar-refractivity contribution is 5.93. The zero-order valence-corrected chi connectivity index (χ0v) is 10.2. The number of fused-ring (bicyclic) bond motifs is 1. The van der Waals surface area contributed by atoms with Gasteiger partial charge >= 0.3 is 0 Å². The highest BCUT2D eigenvalue weighted by atomic mass is 14.9. The molecule has 0 fully saturated rings. The first-order valence-corrected chi connectivity index (χ1v) is 5.78. The van der Waals surface area contributed by atoms with E-state index in [1.807, 2.05) is 31.2 Å². The van der Waals surface area contributed by atoms with Gasteiger partial charge < -0.3 is 5.32 Å². The van der Waals surface area contributed by atoms with E-state index < -0.39 is 0 Å². The van der Waals surface area contributed by atoms with E-state index in [4.69, 9.17) is 5.26 Å². The predicted octanol–water partition coefficient (Wildman–Crippen LogP) is 2.93. The number of benzene rings is 1. The molecule has 2 rings (SSSR count). The monoisotopic (exact) mass is 235 g/mol. The van der Waals surface area contributed by atoms with Crippen LogP contribution in [-0.4, -0.2) is 11.5 Å². The highest BCUT2D eigenvalue weighted by Crippen LogP contribution is 2.25. The maximum Gasteiger partial charge on any atom is 0.103 e. The van der Waals surface area contributed by atoms with Gasteiger partial charge in [-0.2, -0.15) is 5.26 Å². The molecule has 0 unspecified atom stereocenters. The van der Waals surface area contributed by atoms with E-state index in [1.165, 1.54) is 0 Å². The molecule has 3 nitrogen and oxygen atoms in total. The molecule has 18 heavy (non-hydrogen) atoms. The predicted molar refractivity (Wildman–Crippen MR) is 73.0 cm³/mol. The molecule has 2 aromatic rings. The molecule has 88 valence electrons. The van der Waals surface area contributed by atoms with Crippen molar-refractivity contribution in [3.8, 4) is 17.9 Å². The number of pyridine rings is 1. The molecule has 1 N–H and O–H groups in total. The summed E-state index contributed by atoms with van der Waals surface area (Å²) in [5.41, 5.74) is 2.31. The Balaban J connectivity index is 2.38. The number of nitrogens with one attached hydrogen (secondary N) is 1. The van der Waals surface area contributed by atoms with Gasteiger partial charge in [0.1, 0.15) is 6.07 Å². The molecule has 0 radical (unpaired) electrons. The fourth-order valence-electron chi connectivity index (χ4n) is 1.79. The van der Waals surface area contributed by atoms with Gasteiger partial charge in [-0.05, 0) is 13.0 Å². The molecular formula is C15H13N3. The summed E-state index contributed by atoms with van der Waals surface area (Å²) in [6, 6.07) is 9.96. The average molecular weight is 235 g/mol. The second-order valence-electron chi connectivity index (χ2n) is 3.78. The Hall–Kier alpha value is -2.52. The lowest BCUT2D eigenvalue weighted by molar-refractivity contribution is 1.10. The van der Waals surface area contributed by atoms with Crippen LogP contribution in [0.15, 0.2) is 30.5 Å². The molecule has 0 atom stereocenters. The first-order valence-electron chi connectivity index (χ1n) is 5.78. The molecule has 1 aromatic carbocycles. The summed E-state index contributed by atoms with van der Waals surface area (Å²) < 4.78 is 0. The standard InChI is InChI=1S/C15H13N3/c1-2-3-6-9-17-15-12(10-16)11-18-14-8-5-4-7-13(14)15/h4-5,7-8,11H,6,9H2,1H3,(H,17,18). The largest absolute Gasteiger partial charge is 0.382 e. The number of para-hydroxylation sites is 1. The number of rotatable bonds is 3. The second-order valence-corrected chi connectivity index (χ2v) is 3.78. The van der Waals surface area contributed by atoms with E-state index in [2.05, 4.69) is 28.2 Å². The normalized spacial score (nSPS) is 9.33. The maximum absolute atomic E-state index is 9.12. The van der Waals surface area contributed by atoms with Crippen LogP contribution in [0.5, 0.6) is 0 Å². The number of anilines is 1. The van der Waals surface area contributed by atoms with Crippen molar-refractivity contribution in [2.24, 2.45) is 0 Å². The summed E-state index contributed by atoms with van der Waals surface area (Å²) in [7, 11) is 0. The molecular weight excluding hydrogens is 222 g/mol. The van der Waals surface area contributed by atoms with Gasteiger partial charge in [-0.15, -0.1) is 11.8 Å². The van der Waals surface area contributed by atoms with Crippen molar-refractivity contribution in [2.75, 3.05) is 11.9 Å². The van der Waals surface area contributed by atoms with Gasteiger partial charge in [0.05, 0.1) is 16.8 Å². The van der Waals surface area contributed by atoms with Crippen LogP contribution in [0.25, 0.3) is 10.9 Å². The zero-order valence-electron chi connectivity index (χ0n) is 10.2. The summed E-state index contributed by atoms with van der Waals surface area (Å²) in [6.07, 6.45) is 2.37. The lowest BCUT2D eigenvalue weighted by atomic mass is 10.1. The Morgan fingerprint density at radius 1 is 1.33 bits per heavy atom. The SMILES string of the molecule is CC#CCCNc1c(C#N)cnc2ccccc12. The number of nitrogens with zero attached hydrogens (tertiary/aromatic N) is 2. The number of aromatic nitrogens is 1. The van der Waals surface area contributed by atoms with Crippen molar-refractivity contribution >= 4 is 16.6 Å². The van der Waals surface area contributed by atoms with Crippen LogP contribution in [0, 0.1) is 23.2 Å². The lowest BCUT2D eigenvalue weighted by Gasteiger charge is -2.09. The van der Waals surface area contributed by atoms with E-state index in [0.29, 0.717) is 5.56 Å². The number of hydrogen-bond acceptors (Lipinski definition) is 3. The van der Waals surface area contributed by atoms with Gasteiger partial charge in [0.15, 0.2) is 0 Å². The molecule has 0 bridgehead atoms. The van der Waals surface area contributed by atoms with Gasteiger partial charge in [0.2, 0.25) is 0 Å². The van der Waals surface area contributed by atoms with E-state index in [1.54, 1.807) is 6.20 Å². The lowest BCUT2D eigenvalue weighted by Crippen LogP contribution is -2.03. The first kappa shape index (κ1) is 12.0. The minimum Gasteiger partial charge on any atom is -0.382 e. The molecule has 0 saturated carbocycles. The molecule has 0 spiro atoms. The van der Waals surface area contributed by atoms with Crippen LogP contribution in [0.4, 0.5) is 5.69 Å². The van der Waals surface area contributed by atoms with Crippen LogP contribution in [-0.2, 0) is 0 Å². The first-order chi connectivity index (χ1) is 8.86. The topological polar surface area (TPSA) is 48.7 Å². The van der Waals surface area contributed by atoms with E-state index in [9.17, 15) is 0 Å². The quantitative estimate of drug-likeness (QED) is 0.657. The van der Waals surface area contributed by atoms with Gasteiger partial charge in [-0.1, -0.05) is 18.2 Å². The van der Waals surface area contributed by atoms with Crippen LogP contribution < -0.4 is 5.32 Å². The Bertz CT molecular complexity index is 657. The van der Waals surface area contributed by atoms with E-state index in [0.717, 1.165) is 29.6 Å². The molecule has 0 amide bonds. The van der Waals surface area contributed by atoms with Gasteiger partial charge in [-0.3, -0.25) is 4.98 Å². The summed E-state index contributed by atoms with van der Waals surface area (Å²) in [6.45, 7) is 2.55. The van der Waals surface area contributed by atoms with E-state index in [-0.39, 0.29) is 0 Å². The molecule has 1 heterocycles. The highest BCUT2D eigenvalue weighted by Gasteiger charge is 2.07. The van der Waals surface area contributed by atoms with Crippen molar-refractivity contribution in [2.45, 2.75) is 13.3 Å². The molecule has 0 saturated heterocycles. The summed E-state index contributed by atoms with van der Waals surface area (Å²) in [5.74, 6) is 5.85. The minimum atomic E-state index is 0.568.